The molecule has 0 spiro atoms. The van der Waals surface area contributed by atoms with Gasteiger partial charge in [-0.05, 0) is 36.1 Å². The van der Waals surface area contributed by atoms with Gasteiger partial charge in [0, 0.05) is 30.9 Å². The molecule has 0 saturated heterocycles. The summed E-state index contributed by atoms with van der Waals surface area (Å²) in [7, 11) is 0. The Morgan fingerprint density at radius 1 is 1.00 bits per heavy atom. The van der Waals surface area contributed by atoms with Gasteiger partial charge in [-0.3, -0.25) is 4.98 Å². The molecular formula is C16H18N2. The summed E-state index contributed by atoms with van der Waals surface area (Å²) < 4.78 is 0. The minimum atomic E-state index is 0.776. The third-order valence-corrected chi connectivity index (χ3v) is 3.31. The van der Waals surface area contributed by atoms with E-state index in [4.69, 9.17) is 0 Å². The summed E-state index contributed by atoms with van der Waals surface area (Å²) in [4.78, 5) is 4.35. The van der Waals surface area contributed by atoms with Gasteiger partial charge in [-0.2, -0.15) is 0 Å². The van der Waals surface area contributed by atoms with Gasteiger partial charge in [0.2, 0.25) is 0 Å². The highest BCUT2D eigenvalue weighted by Crippen LogP contribution is 2.19. The van der Waals surface area contributed by atoms with E-state index in [0.29, 0.717) is 0 Å². The van der Waals surface area contributed by atoms with Gasteiger partial charge < -0.3 is 5.32 Å². The van der Waals surface area contributed by atoms with Crippen molar-refractivity contribution in [3.63, 3.8) is 0 Å². The lowest BCUT2D eigenvalue weighted by Crippen LogP contribution is -2.15. The Labute approximate surface area is 108 Å². The summed E-state index contributed by atoms with van der Waals surface area (Å²) >= 11 is 0. The van der Waals surface area contributed by atoms with Gasteiger partial charge in [0.15, 0.2) is 0 Å². The van der Waals surface area contributed by atoms with E-state index in [1.165, 1.54) is 24.0 Å². The van der Waals surface area contributed by atoms with Crippen molar-refractivity contribution in [3.8, 4) is 0 Å². The van der Waals surface area contributed by atoms with Crippen LogP contribution < -0.4 is 5.32 Å². The Kier molecular flexibility index (Phi) is 3.37. The number of pyridine rings is 1. The molecule has 3 rings (SSSR count). The third kappa shape index (κ3) is 3.17. The van der Waals surface area contributed by atoms with Crippen LogP contribution in [-0.2, 0) is 13.0 Å². The topological polar surface area (TPSA) is 24.9 Å². The van der Waals surface area contributed by atoms with Crippen LogP contribution >= 0.6 is 0 Å². The van der Waals surface area contributed by atoms with E-state index in [0.717, 1.165) is 24.7 Å². The zero-order chi connectivity index (χ0) is 12.2. The van der Waals surface area contributed by atoms with Gasteiger partial charge >= 0.3 is 0 Å². The van der Waals surface area contributed by atoms with Crippen LogP contribution in [0.3, 0.4) is 0 Å². The molecule has 0 aliphatic heterocycles. The van der Waals surface area contributed by atoms with E-state index < -0.39 is 0 Å². The summed E-state index contributed by atoms with van der Waals surface area (Å²) in [5.41, 5.74) is 3.82. The number of hydrogen-bond donors (Lipinski definition) is 1. The first-order valence-corrected chi connectivity index (χ1v) is 6.61. The van der Waals surface area contributed by atoms with Gasteiger partial charge in [0.05, 0.1) is 0 Å². The second-order valence-electron chi connectivity index (χ2n) is 4.97. The van der Waals surface area contributed by atoms with Crippen LogP contribution in [0.15, 0.2) is 48.7 Å². The molecule has 1 heterocycles. The molecular weight excluding hydrogens is 220 g/mol. The number of aromatic nitrogens is 1. The first-order valence-electron chi connectivity index (χ1n) is 6.61. The second-order valence-corrected chi connectivity index (χ2v) is 4.97. The quantitative estimate of drug-likeness (QED) is 0.866. The molecule has 0 unspecified atom stereocenters. The molecule has 1 saturated carbocycles. The van der Waals surface area contributed by atoms with Crippen molar-refractivity contribution in [1.29, 1.82) is 0 Å². The standard InChI is InChI=1S/C16H18N2/c1-2-10-17-16(3-1)11-13-4-6-14(7-5-13)12-18-15-8-9-15/h1-7,10,15,18H,8-9,11-12H2. The van der Waals surface area contributed by atoms with Crippen molar-refractivity contribution in [2.75, 3.05) is 0 Å². The number of rotatable bonds is 5. The van der Waals surface area contributed by atoms with Crippen LogP contribution in [0.4, 0.5) is 0 Å². The van der Waals surface area contributed by atoms with Gasteiger partial charge in [-0.1, -0.05) is 30.3 Å². The summed E-state index contributed by atoms with van der Waals surface area (Å²) in [5, 5.41) is 3.53. The molecule has 1 aliphatic carbocycles. The van der Waals surface area contributed by atoms with E-state index in [9.17, 15) is 0 Å². The van der Waals surface area contributed by atoms with Crippen molar-refractivity contribution in [1.82, 2.24) is 10.3 Å². The maximum Gasteiger partial charge on any atom is 0.0447 e. The minimum absolute atomic E-state index is 0.776. The van der Waals surface area contributed by atoms with E-state index in [1.54, 1.807) is 0 Å². The number of nitrogens with zero attached hydrogens (tertiary/aromatic N) is 1. The van der Waals surface area contributed by atoms with E-state index in [-0.39, 0.29) is 0 Å². The average Bonchev–Trinajstić information content (AvgIpc) is 3.23. The van der Waals surface area contributed by atoms with Crippen molar-refractivity contribution in [2.24, 2.45) is 0 Å². The molecule has 2 heteroatoms. The Morgan fingerprint density at radius 2 is 1.78 bits per heavy atom. The first kappa shape index (κ1) is 11.4. The molecule has 0 atom stereocenters. The summed E-state index contributed by atoms with van der Waals surface area (Å²) in [6.07, 6.45) is 5.45. The van der Waals surface area contributed by atoms with Gasteiger partial charge in [-0.25, -0.2) is 0 Å². The highest BCUT2D eigenvalue weighted by molar-refractivity contribution is 5.26. The molecule has 0 amide bonds. The van der Waals surface area contributed by atoms with Crippen LogP contribution in [0.5, 0.6) is 0 Å². The van der Waals surface area contributed by atoms with Crippen LogP contribution in [0.1, 0.15) is 29.7 Å². The van der Waals surface area contributed by atoms with Crippen molar-refractivity contribution < 1.29 is 0 Å². The van der Waals surface area contributed by atoms with Crippen LogP contribution in [0, 0.1) is 0 Å². The lowest BCUT2D eigenvalue weighted by atomic mass is 10.1. The first-order chi connectivity index (χ1) is 8.90. The summed E-state index contributed by atoms with van der Waals surface area (Å²) in [6.45, 7) is 0.995. The highest BCUT2D eigenvalue weighted by atomic mass is 14.9. The molecule has 0 radical (unpaired) electrons. The molecule has 1 aliphatic rings. The molecule has 2 aromatic rings. The Hall–Kier alpha value is -1.67. The average molecular weight is 238 g/mol. The molecule has 1 aromatic heterocycles. The zero-order valence-electron chi connectivity index (χ0n) is 10.5. The fraction of sp³-hybridized carbons (Fsp3) is 0.312. The molecule has 1 fully saturated rings. The minimum Gasteiger partial charge on any atom is -0.310 e. The van der Waals surface area contributed by atoms with Crippen molar-refractivity contribution in [3.05, 3.63) is 65.5 Å². The fourth-order valence-electron chi connectivity index (χ4n) is 2.04. The fourth-order valence-corrected chi connectivity index (χ4v) is 2.04. The Morgan fingerprint density at radius 3 is 2.44 bits per heavy atom. The number of hydrogen-bond acceptors (Lipinski definition) is 2. The monoisotopic (exact) mass is 238 g/mol. The molecule has 18 heavy (non-hydrogen) atoms. The maximum atomic E-state index is 4.35. The normalized spacial score (nSPS) is 14.7. The predicted octanol–water partition coefficient (Wildman–Crippen LogP) is 2.92. The molecule has 2 nitrogen and oxygen atoms in total. The van der Waals surface area contributed by atoms with Crippen LogP contribution in [0.2, 0.25) is 0 Å². The highest BCUT2D eigenvalue weighted by Gasteiger charge is 2.19. The van der Waals surface area contributed by atoms with E-state index in [1.807, 2.05) is 18.3 Å². The third-order valence-electron chi connectivity index (χ3n) is 3.31. The molecule has 0 bridgehead atoms. The SMILES string of the molecule is c1ccc(Cc2ccc(CNC3CC3)cc2)nc1. The Balaban J connectivity index is 1.59. The maximum absolute atomic E-state index is 4.35. The smallest absolute Gasteiger partial charge is 0.0447 e. The number of nitrogens with one attached hydrogen (secondary N) is 1. The van der Waals surface area contributed by atoms with Crippen LogP contribution in [-0.4, -0.2) is 11.0 Å². The largest absolute Gasteiger partial charge is 0.310 e. The lowest BCUT2D eigenvalue weighted by Gasteiger charge is -2.05. The van der Waals surface area contributed by atoms with E-state index >= 15 is 0 Å². The van der Waals surface area contributed by atoms with Gasteiger partial charge in [0.25, 0.3) is 0 Å². The van der Waals surface area contributed by atoms with Crippen LogP contribution in [0.25, 0.3) is 0 Å². The predicted molar refractivity (Wildman–Crippen MR) is 73.3 cm³/mol. The van der Waals surface area contributed by atoms with Crippen molar-refractivity contribution in [2.45, 2.75) is 31.8 Å². The summed E-state index contributed by atoms with van der Waals surface area (Å²) in [5.74, 6) is 0. The Bertz CT molecular complexity index is 486. The molecule has 1 N–H and O–H groups in total. The van der Waals surface area contributed by atoms with Crippen molar-refractivity contribution >= 4 is 0 Å². The molecule has 92 valence electrons. The summed E-state index contributed by atoms with van der Waals surface area (Å²) in [6, 6.07) is 15.7. The zero-order valence-corrected chi connectivity index (χ0v) is 10.5. The lowest BCUT2D eigenvalue weighted by molar-refractivity contribution is 0.687. The molecule has 1 aromatic carbocycles. The van der Waals surface area contributed by atoms with Gasteiger partial charge in [0.1, 0.15) is 0 Å². The number of benzene rings is 1. The van der Waals surface area contributed by atoms with E-state index in [2.05, 4.69) is 40.6 Å². The van der Waals surface area contributed by atoms with Gasteiger partial charge in [-0.15, -0.1) is 0 Å². The second kappa shape index (κ2) is 5.32.